The molecule has 2 amide bonds. The monoisotopic (exact) mass is 287 g/mol. The average molecular weight is 287 g/mol. The fourth-order valence-electron chi connectivity index (χ4n) is 1.62. The molecule has 0 aliphatic rings. The van der Waals surface area contributed by atoms with Gasteiger partial charge in [-0.2, -0.15) is 0 Å². The van der Waals surface area contributed by atoms with Crippen molar-refractivity contribution in [3.63, 3.8) is 0 Å². The van der Waals surface area contributed by atoms with Gasteiger partial charge in [0.1, 0.15) is 5.75 Å². The number of pyridine rings is 1. The number of phenols is 1. The van der Waals surface area contributed by atoms with Crippen LogP contribution >= 0.6 is 0 Å². The third-order valence-electron chi connectivity index (χ3n) is 2.67. The van der Waals surface area contributed by atoms with Gasteiger partial charge in [-0.1, -0.05) is 6.07 Å². The van der Waals surface area contributed by atoms with Crippen molar-refractivity contribution in [1.29, 1.82) is 0 Å². The predicted molar refractivity (Wildman–Crippen MR) is 75.2 cm³/mol. The molecule has 21 heavy (non-hydrogen) atoms. The Morgan fingerprint density at radius 1 is 1.24 bits per heavy atom. The molecule has 0 saturated heterocycles. The summed E-state index contributed by atoms with van der Waals surface area (Å²) in [5, 5.41) is 23.5. The summed E-state index contributed by atoms with van der Waals surface area (Å²) < 4.78 is 0. The number of anilines is 1. The highest BCUT2D eigenvalue weighted by molar-refractivity contribution is 5.93. The number of carbonyl (C=O) groups is 2. The summed E-state index contributed by atoms with van der Waals surface area (Å²) in [5.74, 6) is -1.47. The Hall–Kier alpha value is -3.09. The van der Waals surface area contributed by atoms with E-state index in [2.05, 4.69) is 15.6 Å². The molecule has 0 aliphatic carbocycles. The van der Waals surface area contributed by atoms with Gasteiger partial charge in [-0.15, -0.1) is 0 Å². The van der Waals surface area contributed by atoms with Gasteiger partial charge >= 0.3 is 12.0 Å². The topological polar surface area (TPSA) is 112 Å². The number of carboxylic acids is 1. The number of hydrogen-bond acceptors (Lipinski definition) is 4. The second-order valence-electron chi connectivity index (χ2n) is 4.21. The van der Waals surface area contributed by atoms with E-state index in [0.717, 1.165) is 11.6 Å². The predicted octanol–water partition coefficient (Wildman–Crippen LogP) is 1.81. The molecule has 0 radical (unpaired) electrons. The van der Waals surface area contributed by atoms with Crippen LogP contribution in [-0.2, 0) is 6.54 Å². The zero-order valence-electron chi connectivity index (χ0n) is 10.9. The maximum absolute atomic E-state index is 11.7. The van der Waals surface area contributed by atoms with E-state index in [4.69, 9.17) is 5.11 Å². The highest BCUT2D eigenvalue weighted by atomic mass is 16.4. The van der Waals surface area contributed by atoms with Crippen molar-refractivity contribution in [3.8, 4) is 5.75 Å². The van der Waals surface area contributed by atoms with Gasteiger partial charge in [0.15, 0.2) is 0 Å². The molecule has 1 aromatic carbocycles. The maximum Gasteiger partial charge on any atom is 0.335 e. The van der Waals surface area contributed by atoms with Crippen LogP contribution in [0.15, 0.2) is 42.7 Å². The molecule has 0 bridgehead atoms. The molecule has 0 aliphatic heterocycles. The van der Waals surface area contributed by atoms with Crippen LogP contribution in [0.1, 0.15) is 15.9 Å². The van der Waals surface area contributed by atoms with Crippen LogP contribution in [0.4, 0.5) is 10.5 Å². The van der Waals surface area contributed by atoms with E-state index >= 15 is 0 Å². The molecule has 0 unspecified atom stereocenters. The number of urea groups is 1. The van der Waals surface area contributed by atoms with Crippen LogP contribution in [0.25, 0.3) is 0 Å². The van der Waals surface area contributed by atoms with E-state index in [1.54, 1.807) is 18.5 Å². The van der Waals surface area contributed by atoms with Crippen LogP contribution in [0, 0.1) is 0 Å². The first kappa shape index (κ1) is 14.3. The summed E-state index contributed by atoms with van der Waals surface area (Å²) in [6.45, 7) is 0.285. The number of hydrogen-bond donors (Lipinski definition) is 4. The number of aromatic hydroxyl groups is 1. The van der Waals surface area contributed by atoms with E-state index in [1.807, 2.05) is 6.07 Å². The zero-order chi connectivity index (χ0) is 15.2. The smallest absolute Gasteiger partial charge is 0.335 e. The molecule has 2 rings (SSSR count). The second-order valence-corrected chi connectivity index (χ2v) is 4.21. The first-order valence-electron chi connectivity index (χ1n) is 6.06. The van der Waals surface area contributed by atoms with Crippen molar-refractivity contribution < 1.29 is 19.8 Å². The third-order valence-corrected chi connectivity index (χ3v) is 2.67. The van der Waals surface area contributed by atoms with E-state index in [9.17, 15) is 14.7 Å². The molecule has 0 spiro atoms. The number of phenolic OH excluding ortho intramolecular Hbond substituents is 1. The van der Waals surface area contributed by atoms with Crippen LogP contribution in [-0.4, -0.2) is 27.2 Å². The quantitative estimate of drug-likeness (QED) is 0.641. The van der Waals surface area contributed by atoms with Crippen LogP contribution in [0.5, 0.6) is 5.75 Å². The fourth-order valence-corrected chi connectivity index (χ4v) is 1.62. The van der Waals surface area contributed by atoms with E-state index < -0.39 is 12.0 Å². The van der Waals surface area contributed by atoms with Crippen molar-refractivity contribution in [2.75, 3.05) is 5.32 Å². The van der Waals surface area contributed by atoms with Gasteiger partial charge in [0.25, 0.3) is 0 Å². The molecule has 108 valence electrons. The number of carboxylic acid groups (broad SMARTS) is 1. The highest BCUT2D eigenvalue weighted by Gasteiger charge is 2.09. The molecule has 0 fully saturated rings. The molecular weight excluding hydrogens is 274 g/mol. The molecule has 7 nitrogen and oxygen atoms in total. The van der Waals surface area contributed by atoms with Gasteiger partial charge in [-0.3, -0.25) is 4.98 Å². The van der Waals surface area contributed by atoms with Gasteiger partial charge in [-0.25, -0.2) is 9.59 Å². The third kappa shape index (κ3) is 3.93. The highest BCUT2D eigenvalue weighted by Crippen LogP contribution is 2.24. The van der Waals surface area contributed by atoms with Gasteiger partial charge in [0, 0.05) is 18.9 Å². The van der Waals surface area contributed by atoms with Crippen LogP contribution in [0.3, 0.4) is 0 Å². The Bertz CT molecular complexity index is 659. The molecule has 7 heteroatoms. The maximum atomic E-state index is 11.7. The lowest BCUT2D eigenvalue weighted by atomic mass is 10.2. The zero-order valence-corrected chi connectivity index (χ0v) is 10.9. The molecule has 1 aromatic heterocycles. The van der Waals surface area contributed by atoms with E-state index in [1.165, 1.54) is 12.1 Å². The number of rotatable bonds is 4. The summed E-state index contributed by atoms with van der Waals surface area (Å²) in [5.41, 5.74) is 0.899. The number of aromatic carboxylic acids is 1. The van der Waals surface area contributed by atoms with Crippen molar-refractivity contribution in [2.45, 2.75) is 6.54 Å². The van der Waals surface area contributed by atoms with Crippen molar-refractivity contribution in [1.82, 2.24) is 10.3 Å². The fraction of sp³-hybridized carbons (Fsp3) is 0.0714. The minimum Gasteiger partial charge on any atom is -0.506 e. The minimum atomic E-state index is -1.15. The number of aromatic nitrogens is 1. The Kier molecular flexibility index (Phi) is 4.35. The Morgan fingerprint density at radius 3 is 2.67 bits per heavy atom. The SMILES string of the molecule is O=C(NCc1cccnc1)Nc1ccc(C(=O)O)cc1O. The average Bonchev–Trinajstić information content (AvgIpc) is 2.48. The first-order chi connectivity index (χ1) is 10.1. The minimum absolute atomic E-state index is 0.0613. The molecule has 0 saturated carbocycles. The number of nitrogens with one attached hydrogen (secondary N) is 2. The van der Waals surface area contributed by atoms with E-state index in [-0.39, 0.29) is 23.5 Å². The van der Waals surface area contributed by atoms with Gasteiger partial charge in [0.05, 0.1) is 11.3 Å². The molecule has 1 heterocycles. The lowest BCUT2D eigenvalue weighted by Gasteiger charge is -2.09. The molecule has 4 N–H and O–H groups in total. The Balaban J connectivity index is 1.95. The first-order valence-corrected chi connectivity index (χ1v) is 6.06. The lowest BCUT2D eigenvalue weighted by molar-refractivity contribution is 0.0696. The normalized spacial score (nSPS) is 9.90. The molecular formula is C14H13N3O4. The Morgan fingerprint density at radius 2 is 2.05 bits per heavy atom. The molecule has 2 aromatic rings. The summed E-state index contributed by atoms with van der Waals surface area (Å²) >= 11 is 0. The number of nitrogens with zero attached hydrogens (tertiary/aromatic N) is 1. The number of benzene rings is 1. The van der Waals surface area contributed by atoms with Crippen LogP contribution < -0.4 is 10.6 Å². The lowest BCUT2D eigenvalue weighted by Crippen LogP contribution is -2.28. The Labute approximate surface area is 120 Å². The summed E-state index contributed by atoms with van der Waals surface area (Å²) in [7, 11) is 0. The van der Waals surface area contributed by atoms with Gasteiger partial charge < -0.3 is 20.8 Å². The number of carbonyl (C=O) groups excluding carboxylic acids is 1. The van der Waals surface area contributed by atoms with Gasteiger partial charge in [0.2, 0.25) is 0 Å². The largest absolute Gasteiger partial charge is 0.506 e. The van der Waals surface area contributed by atoms with Gasteiger partial charge in [-0.05, 0) is 29.8 Å². The van der Waals surface area contributed by atoms with E-state index in [0.29, 0.717) is 0 Å². The standard InChI is InChI=1S/C14H13N3O4/c18-12-6-10(13(19)20)3-4-11(12)17-14(21)16-8-9-2-1-5-15-7-9/h1-7,18H,8H2,(H,19,20)(H2,16,17,21). The summed E-state index contributed by atoms with van der Waals surface area (Å²) in [4.78, 5) is 26.3. The van der Waals surface area contributed by atoms with Crippen LogP contribution in [0.2, 0.25) is 0 Å². The molecule has 0 atom stereocenters. The van der Waals surface area contributed by atoms with Crippen molar-refractivity contribution >= 4 is 17.7 Å². The summed E-state index contributed by atoms with van der Waals surface area (Å²) in [6.07, 6.45) is 3.25. The van der Waals surface area contributed by atoms with Crippen molar-refractivity contribution in [3.05, 3.63) is 53.9 Å². The second kappa shape index (κ2) is 6.38. The van der Waals surface area contributed by atoms with Crippen molar-refractivity contribution in [2.24, 2.45) is 0 Å². The summed E-state index contributed by atoms with van der Waals surface area (Å²) in [6, 6.07) is 6.73. The number of amides is 2.